The molecule has 0 aliphatic rings. The maximum atomic E-state index is 13.5. The van der Waals surface area contributed by atoms with Gasteiger partial charge in [-0.2, -0.15) is 0 Å². The van der Waals surface area contributed by atoms with E-state index in [0.717, 1.165) is 22.4 Å². The van der Waals surface area contributed by atoms with Crippen molar-refractivity contribution in [3.8, 4) is 5.75 Å². The molecule has 168 valence electrons. The van der Waals surface area contributed by atoms with E-state index in [1.165, 1.54) is 31.2 Å². The third-order valence-corrected chi connectivity index (χ3v) is 5.35. The Balaban J connectivity index is 1.80. The van der Waals surface area contributed by atoms with Crippen molar-refractivity contribution in [3.05, 3.63) is 101 Å². The van der Waals surface area contributed by atoms with Gasteiger partial charge in [-0.05, 0) is 73.4 Å². The van der Waals surface area contributed by atoms with Crippen LogP contribution < -0.4 is 4.74 Å². The van der Waals surface area contributed by atoms with Crippen molar-refractivity contribution >= 4 is 5.91 Å². The molecule has 0 aromatic heterocycles. The number of carbonyl (C=O) groups is 1. The summed E-state index contributed by atoms with van der Waals surface area (Å²) in [6, 6.07) is 20.6. The number of hydrogen-bond acceptors (Lipinski definition) is 2. The SMILES string of the molecule is CC(=O)N(CC[C@@H](c1ccc(F)cc1)c1ccc(OC(C)C)cc1)Cc1ccc(F)cc1. The molecule has 0 heterocycles. The molecule has 0 N–H and O–H groups in total. The van der Waals surface area contributed by atoms with Crippen LogP contribution in [0.2, 0.25) is 0 Å². The molecule has 0 bridgehead atoms. The molecule has 0 saturated heterocycles. The molecular formula is C27H29F2NO2. The zero-order valence-corrected chi connectivity index (χ0v) is 18.7. The molecule has 0 unspecified atom stereocenters. The van der Waals surface area contributed by atoms with Gasteiger partial charge in [-0.3, -0.25) is 4.79 Å². The molecule has 0 saturated carbocycles. The van der Waals surface area contributed by atoms with Crippen LogP contribution in [-0.2, 0) is 11.3 Å². The van der Waals surface area contributed by atoms with E-state index in [0.29, 0.717) is 19.5 Å². The van der Waals surface area contributed by atoms with Crippen molar-refractivity contribution in [2.45, 2.75) is 45.8 Å². The molecule has 3 nitrogen and oxygen atoms in total. The first-order chi connectivity index (χ1) is 15.3. The van der Waals surface area contributed by atoms with E-state index in [-0.39, 0.29) is 29.6 Å². The average Bonchev–Trinajstić information content (AvgIpc) is 2.76. The number of carbonyl (C=O) groups excluding carboxylic acids is 1. The highest BCUT2D eigenvalue weighted by atomic mass is 19.1. The normalized spacial score (nSPS) is 11.9. The lowest BCUT2D eigenvalue weighted by atomic mass is 9.88. The second-order valence-electron chi connectivity index (χ2n) is 8.20. The van der Waals surface area contributed by atoms with Crippen LogP contribution >= 0.6 is 0 Å². The highest BCUT2D eigenvalue weighted by molar-refractivity contribution is 5.73. The fourth-order valence-electron chi connectivity index (χ4n) is 3.71. The first kappa shape index (κ1) is 23.5. The summed E-state index contributed by atoms with van der Waals surface area (Å²) >= 11 is 0. The second-order valence-corrected chi connectivity index (χ2v) is 8.20. The van der Waals surface area contributed by atoms with Crippen LogP contribution in [0.3, 0.4) is 0 Å². The summed E-state index contributed by atoms with van der Waals surface area (Å²) in [4.78, 5) is 14.0. The number of amides is 1. The Morgan fingerprint density at radius 3 is 1.84 bits per heavy atom. The number of nitrogens with zero attached hydrogens (tertiary/aromatic N) is 1. The van der Waals surface area contributed by atoms with Crippen LogP contribution in [0.15, 0.2) is 72.8 Å². The molecule has 1 amide bonds. The Morgan fingerprint density at radius 1 is 0.844 bits per heavy atom. The summed E-state index contributed by atoms with van der Waals surface area (Å²) in [6.45, 7) is 6.42. The van der Waals surface area contributed by atoms with Gasteiger partial charge in [-0.25, -0.2) is 8.78 Å². The third-order valence-electron chi connectivity index (χ3n) is 5.35. The third kappa shape index (κ3) is 6.64. The van der Waals surface area contributed by atoms with Gasteiger partial charge in [0.25, 0.3) is 0 Å². The van der Waals surface area contributed by atoms with E-state index in [1.807, 2.05) is 38.1 Å². The summed E-state index contributed by atoms with van der Waals surface area (Å²) in [5.74, 6) is 0.147. The van der Waals surface area contributed by atoms with Crippen molar-refractivity contribution < 1.29 is 18.3 Å². The molecule has 5 heteroatoms. The molecule has 0 spiro atoms. The van der Waals surface area contributed by atoms with Gasteiger partial charge in [-0.15, -0.1) is 0 Å². The molecule has 3 rings (SSSR count). The highest BCUT2D eigenvalue weighted by Gasteiger charge is 2.18. The van der Waals surface area contributed by atoms with E-state index < -0.39 is 0 Å². The molecule has 0 radical (unpaired) electrons. The fourth-order valence-corrected chi connectivity index (χ4v) is 3.71. The molecule has 1 atom stereocenters. The van der Waals surface area contributed by atoms with Crippen molar-refractivity contribution in [1.29, 1.82) is 0 Å². The Bertz CT molecular complexity index is 999. The molecule has 0 aliphatic carbocycles. The van der Waals surface area contributed by atoms with Gasteiger partial charge in [0.15, 0.2) is 0 Å². The fraction of sp³-hybridized carbons (Fsp3) is 0.296. The van der Waals surface area contributed by atoms with Gasteiger partial charge in [0, 0.05) is 25.9 Å². The number of hydrogen-bond donors (Lipinski definition) is 0. The van der Waals surface area contributed by atoms with Crippen LogP contribution in [-0.4, -0.2) is 23.5 Å². The van der Waals surface area contributed by atoms with E-state index in [2.05, 4.69) is 0 Å². The minimum atomic E-state index is -0.301. The molecular weight excluding hydrogens is 408 g/mol. The molecule has 3 aromatic carbocycles. The summed E-state index contributed by atoms with van der Waals surface area (Å²) in [5.41, 5.74) is 2.92. The lowest BCUT2D eigenvalue weighted by molar-refractivity contribution is -0.129. The molecule has 32 heavy (non-hydrogen) atoms. The van der Waals surface area contributed by atoms with Crippen LogP contribution in [0.25, 0.3) is 0 Å². The van der Waals surface area contributed by atoms with Crippen LogP contribution in [0.5, 0.6) is 5.75 Å². The average molecular weight is 438 g/mol. The number of halogens is 2. The standard InChI is InChI=1S/C27H29F2NO2/c1-19(2)32-26-14-8-23(9-15-26)27(22-6-12-25(29)13-7-22)16-17-30(20(3)31)18-21-4-10-24(28)11-5-21/h4-15,19,27H,16-18H2,1-3H3/t27-/m0/s1. The van der Waals surface area contributed by atoms with Crippen molar-refractivity contribution in [1.82, 2.24) is 4.90 Å². The molecule has 0 fully saturated rings. The summed E-state index contributed by atoms with van der Waals surface area (Å²) in [6.07, 6.45) is 0.751. The predicted octanol–water partition coefficient (Wildman–Crippen LogP) is 6.32. The smallest absolute Gasteiger partial charge is 0.219 e. The summed E-state index contributed by atoms with van der Waals surface area (Å²) < 4.78 is 32.5. The van der Waals surface area contributed by atoms with Gasteiger partial charge >= 0.3 is 0 Å². The highest BCUT2D eigenvalue weighted by Crippen LogP contribution is 2.30. The first-order valence-electron chi connectivity index (χ1n) is 10.8. The summed E-state index contributed by atoms with van der Waals surface area (Å²) in [7, 11) is 0. The van der Waals surface area contributed by atoms with Gasteiger partial charge in [0.05, 0.1) is 6.10 Å². The van der Waals surface area contributed by atoms with Crippen molar-refractivity contribution in [3.63, 3.8) is 0 Å². The molecule has 3 aromatic rings. The Hall–Kier alpha value is -3.21. The van der Waals surface area contributed by atoms with Gasteiger partial charge < -0.3 is 9.64 Å². The summed E-state index contributed by atoms with van der Waals surface area (Å²) in [5, 5.41) is 0. The van der Waals surface area contributed by atoms with E-state index in [4.69, 9.17) is 4.74 Å². The van der Waals surface area contributed by atoms with Crippen LogP contribution in [0.1, 0.15) is 49.8 Å². The second kappa shape index (κ2) is 10.9. The van der Waals surface area contributed by atoms with Gasteiger partial charge in [0.2, 0.25) is 5.91 Å². The predicted molar refractivity (Wildman–Crippen MR) is 123 cm³/mol. The number of rotatable bonds is 9. The topological polar surface area (TPSA) is 29.5 Å². The van der Waals surface area contributed by atoms with E-state index in [9.17, 15) is 13.6 Å². The maximum absolute atomic E-state index is 13.5. The quantitative estimate of drug-likeness (QED) is 0.392. The van der Waals surface area contributed by atoms with Crippen LogP contribution in [0, 0.1) is 11.6 Å². The lowest BCUT2D eigenvalue weighted by Crippen LogP contribution is -2.30. The van der Waals surface area contributed by atoms with E-state index in [1.54, 1.807) is 29.2 Å². The van der Waals surface area contributed by atoms with Crippen molar-refractivity contribution in [2.24, 2.45) is 0 Å². The monoisotopic (exact) mass is 437 g/mol. The Labute approximate surface area is 188 Å². The van der Waals surface area contributed by atoms with Gasteiger partial charge in [0.1, 0.15) is 17.4 Å². The van der Waals surface area contributed by atoms with E-state index >= 15 is 0 Å². The number of benzene rings is 3. The van der Waals surface area contributed by atoms with Crippen molar-refractivity contribution in [2.75, 3.05) is 6.54 Å². The van der Waals surface area contributed by atoms with Gasteiger partial charge in [-0.1, -0.05) is 36.4 Å². The Morgan fingerprint density at radius 2 is 1.34 bits per heavy atom. The molecule has 0 aliphatic heterocycles. The lowest BCUT2D eigenvalue weighted by Gasteiger charge is -2.25. The zero-order valence-electron chi connectivity index (χ0n) is 18.7. The largest absolute Gasteiger partial charge is 0.491 e. The number of ether oxygens (including phenoxy) is 1. The minimum absolute atomic E-state index is 0.0150. The minimum Gasteiger partial charge on any atom is -0.491 e. The zero-order chi connectivity index (χ0) is 23.1. The Kier molecular flexibility index (Phi) is 7.98. The van der Waals surface area contributed by atoms with Crippen LogP contribution in [0.4, 0.5) is 8.78 Å². The maximum Gasteiger partial charge on any atom is 0.219 e. The first-order valence-corrected chi connectivity index (χ1v) is 10.8.